The molecule has 1 saturated heterocycles. The van der Waals surface area contributed by atoms with E-state index >= 15 is 0 Å². The summed E-state index contributed by atoms with van der Waals surface area (Å²) in [6, 6.07) is 0. The number of nitrogens with zero attached hydrogens (tertiary/aromatic N) is 3. The molecule has 1 aliphatic rings. The highest BCUT2D eigenvalue weighted by molar-refractivity contribution is 8.05. The van der Waals surface area contributed by atoms with Crippen molar-refractivity contribution in [3.63, 3.8) is 0 Å². The number of halogens is 1. The number of piperidine rings is 1. The molecule has 0 radical (unpaired) electrons. The minimum atomic E-state index is -0.241. The van der Waals surface area contributed by atoms with Crippen molar-refractivity contribution in [3.05, 3.63) is 41.3 Å². The monoisotopic (exact) mass is 407 g/mol. The fourth-order valence-corrected chi connectivity index (χ4v) is 3.87. The number of hydrogen-bond acceptors (Lipinski definition) is 5. The minimum absolute atomic E-state index is 0.241. The first-order valence-corrected chi connectivity index (χ1v) is 11.1. The standard InChI is InChI=1S/C22H34FN3OS/c1-5-22(3,4)27-21-20(24-12-13-25-21)17-26-14-10-18(11-15-26)8-7-9-19(16-23)28-6-2/h6,12-13,16,18H,2,5,7-11,14-15,17H2,1,3-4H3/b19-16+. The van der Waals surface area contributed by atoms with Crippen molar-refractivity contribution < 1.29 is 9.13 Å². The fraction of sp³-hybridized carbons (Fsp3) is 0.636. The quantitative estimate of drug-likeness (QED) is 0.442. The second-order valence-electron chi connectivity index (χ2n) is 8.00. The second-order valence-corrected chi connectivity index (χ2v) is 9.09. The lowest BCUT2D eigenvalue weighted by atomic mass is 9.91. The molecule has 156 valence electrons. The minimum Gasteiger partial charge on any atom is -0.470 e. The number of allylic oxidation sites excluding steroid dienone is 1. The highest BCUT2D eigenvalue weighted by atomic mass is 32.2. The van der Waals surface area contributed by atoms with Crippen LogP contribution in [0.4, 0.5) is 4.39 Å². The smallest absolute Gasteiger partial charge is 0.237 e. The normalized spacial score (nSPS) is 16.9. The third-order valence-electron chi connectivity index (χ3n) is 5.43. The molecule has 0 amide bonds. The van der Waals surface area contributed by atoms with Gasteiger partial charge in [-0.05, 0) is 70.4 Å². The van der Waals surface area contributed by atoms with Crippen LogP contribution in [0.2, 0.25) is 0 Å². The fourth-order valence-electron chi connectivity index (χ4n) is 3.34. The summed E-state index contributed by atoms with van der Waals surface area (Å²) in [6.07, 6.45) is 10.4. The number of hydrogen-bond donors (Lipinski definition) is 0. The van der Waals surface area contributed by atoms with E-state index in [0.29, 0.717) is 5.88 Å². The highest BCUT2D eigenvalue weighted by Crippen LogP contribution is 2.29. The van der Waals surface area contributed by atoms with Gasteiger partial charge in [-0.2, -0.15) is 0 Å². The van der Waals surface area contributed by atoms with Gasteiger partial charge < -0.3 is 4.74 Å². The molecular weight excluding hydrogens is 373 g/mol. The van der Waals surface area contributed by atoms with Crippen LogP contribution in [-0.2, 0) is 6.54 Å². The van der Waals surface area contributed by atoms with Gasteiger partial charge in [0.15, 0.2) is 0 Å². The van der Waals surface area contributed by atoms with Crippen LogP contribution < -0.4 is 4.74 Å². The van der Waals surface area contributed by atoms with Crippen LogP contribution in [0.1, 0.15) is 65.0 Å². The lowest BCUT2D eigenvalue weighted by Gasteiger charge is -2.32. The van der Waals surface area contributed by atoms with E-state index in [0.717, 1.165) is 68.2 Å². The molecule has 6 heteroatoms. The van der Waals surface area contributed by atoms with Gasteiger partial charge in [-0.3, -0.25) is 9.88 Å². The molecule has 2 rings (SSSR count). The molecule has 1 aromatic rings. The van der Waals surface area contributed by atoms with Gasteiger partial charge in [0.1, 0.15) is 11.3 Å². The maximum Gasteiger partial charge on any atom is 0.237 e. The van der Waals surface area contributed by atoms with E-state index in [1.165, 1.54) is 24.6 Å². The topological polar surface area (TPSA) is 38.2 Å². The maximum absolute atomic E-state index is 12.8. The number of aromatic nitrogens is 2. The molecule has 0 spiro atoms. The summed E-state index contributed by atoms with van der Waals surface area (Å²) in [7, 11) is 0. The van der Waals surface area contributed by atoms with Crippen molar-refractivity contribution in [3.8, 4) is 5.88 Å². The summed E-state index contributed by atoms with van der Waals surface area (Å²) in [5, 5.41) is 1.69. The molecule has 0 aromatic carbocycles. The van der Waals surface area contributed by atoms with Crippen molar-refractivity contribution in [2.24, 2.45) is 5.92 Å². The Hall–Kier alpha value is -1.40. The van der Waals surface area contributed by atoms with Gasteiger partial charge in [0, 0.05) is 23.8 Å². The highest BCUT2D eigenvalue weighted by Gasteiger charge is 2.23. The van der Waals surface area contributed by atoms with Gasteiger partial charge >= 0.3 is 0 Å². The Morgan fingerprint density at radius 1 is 1.36 bits per heavy atom. The first-order valence-electron chi connectivity index (χ1n) is 10.3. The molecular formula is C22H34FN3OS. The predicted molar refractivity (Wildman–Crippen MR) is 116 cm³/mol. The number of likely N-dealkylation sites (tertiary alicyclic amines) is 1. The zero-order valence-electron chi connectivity index (χ0n) is 17.5. The lowest BCUT2D eigenvalue weighted by molar-refractivity contribution is 0.0933. The van der Waals surface area contributed by atoms with E-state index in [-0.39, 0.29) is 5.60 Å². The molecule has 4 nitrogen and oxygen atoms in total. The van der Waals surface area contributed by atoms with Gasteiger partial charge in [-0.1, -0.05) is 19.9 Å². The molecule has 0 aliphatic carbocycles. The van der Waals surface area contributed by atoms with Crippen molar-refractivity contribution >= 4 is 11.8 Å². The van der Waals surface area contributed by atoms with Gasteiger partial charge in [0.2, 0.25) is 5.88 Å². The van der Waals surface area contributed by atoms with Gasteiger partial charge in [-0.25, -0.2) is 9.37 Å². The molecule has 0 saturated carbocycles. The van der Waals surface area contributed by atoms with Crippen molar-refractivity contribution in [2.75, 3.05) is 13.1 Å². The third-order valence-corrected chi connectivity index (χ3v) is 6.20. The van der Waals surface area contributed by atoms with E-state index in [1.807, 2.05) is 0 Å². The van der Waals surface area contributed by atoms with Crippen LogP contribution in [-0.4, -0.2) is 33.6 Å². The first kappa shape index (κ1) is 22.9. The molecule has 1 aromatic heterocycles. The van der Waals surface area contributed by atoms with Crippen molar-refractivity contribution in [1.82, 2.24) is 14.9 Å². The van der Waals surface area contributed by atoms with Crippen LogP contribution in [0.15, 0.2) is 35.6 Å². The Balaban J connectivity index is 1.79. The average Bonchev–Trinajstić information content (AvgIpc) is 2.70. The molecule has 0 unspecified atom stereocenters. The summed E-state index contributed by atoms with van der Waals surface area (Å²) < 4.78 is 18.9. The zero-order chi connectivity index (χ0) is 20.4. The molecule has 28 heavy (non-hydrogen) atoms. The predicted octanol–water partition coefficient (Wildman–Crippen LogP) is 6.11. The molecule has 0 N–H and O–H groups in total. The second kappa shape index (κ2) is 11.6. The van der Waals surface area contributed by atoms with E-state index in [4.69, 9.17) is 4.74 Å². The van der Waals surface area contributed by atoms with Crippen LogP contribution >= 0.6 is 11.8 Å². The first-order chi connectivity index (χ1) is 13.5. The molecule has 1 aliphatic heterocycles. The number of ether oxygens (including phenoxy) is 1. The van der Waals surface area contributed by atoms with Gasteiger partial charge in [-0.15, -0.1) is 11.8 Å². The summed E-state index contributed by atoms with van der Waals surface area (Å²) >= 11 is 1.39. The van der Waals surface area contributed by atoms with Crippen LogP contribution in [0.5, 0.6) is 5.88 Å². The maximum atomic E-state index is 12.8. The summed E-state index contributed by atoms with van der Waals surface area (Å²) in [5.74, 6) is 1.38. The van der Waals surface area contributed by atoms with Gasteiger partial charge in [0.25, 0.3) is 0 Å². The summed E-state index contributed by atoms with van der Waals surface area (Å²) in [4.78, 5) is 12.2. The van der Waals surface area contributed by atoms with Crippen molar-refractivity contribution in [2.45, 2.75) is 71.4 Å². The summed E-state index contributed by atoms with van der Waals surface area (Å²) in [6.45, 7) is 12.8. The summed E-state index contributed by atoms with van der Waals surface area (Å²) in [5.41, 5.74) is 0.677. The Bertz CT molecular complexity index is 642. The van der Waals surface area contributed by atoms with Crippen LogP contribution in [0.3, 0.4) is 0 Å². The zero-order valence-corrected chi connectivity index (χ0v) is 18.3. The third kappa shape index (κ3) is 7.55. The molecule has 1 fully saturated rings. The van der Waals surface area contributed by atoms with E-state index < -0.39 is 0 Å². The van der Waals surface area contributed by atoms with Crippen molar-refractivity contribution in [1.29, 1.82) is 0 Å². The number of thioether (sulfide) groups is 1. The number of rotatable bonds is 11. The lowest BCUT2D eigenvalue weighted by Crippen LogP contribution is -2.34. The molecule has 0 atom stereocenters. The van der Waals surface area contributed by atoms with Gasteiger partial charge in [0.05, 0.1) is 6.33 Å². The Kier molecular flexibility index (Phi) is 9.45. The molecule has 2 heterocycles. The van der Waals surface area contributed by atoms with Crippen LogP contribution in [0.25, 0.3) is 0 Å². The molecule has 0 bridgehead atoms. The largest absolute Gasteiger partial charge is 0.470 e. The Morgan fingerprint density at radius 2 is 2.07 bits per heavy atom. The Morgan fingerprint density at radius 3 is 2.71 bits per heavy atom. The SMILES string of the molecule is C=CS/C(=C/F)CCCC1CCN(Cc2nccnc2OC(C)(C)CC)CC1. The van der Waals surface area contributed by atoms with Crippen LogP contribution in [0, 0.1) is 5.92 Å². The Labute approximate surface area is 173 Å². The van der Waals surface area contributed by atoms with E-state index in [1.54, 1.807) is 17.8 Å². The average molecular weight is 408 g/mol. The van der Waals surface area contributed by atoms with E-state index in [2.05, 4.69) is 42.2 Å². The van der Waals surface area contributed by atoms with E-state index in [9.17, 15) is 4.39 Å².